The molecule has 3 heterocycles. The summed E-state index contributed by atoms with van der Waals surface area (Å²) in [5.74, 6) is 6.03. The zero-order valence-electron chi connectivity index (χ0n) is 19.5. The number of fused-ring (bicyclic) bond motifs is 1. The van der Waals surface area contributed by atoms with Crippen LogP contribution < -0.4 is 15.8 Å². The number of nitrogens with one attached hydrogen (secondary N) is 1. The zero-order chi connectivity index (χ0) is 25.2. The molecule has 3 unspecified atom stereocenters. The fraction of sp³-hybridized carbons (Fsp3) is 0.375. The van der Waals surface area contributed by atoms with E-state index >= 15 is 0 Å². The molecule has 3 atom stereocenters. The number of nitrogens with two attached hydrogens (primary N) is 1. The third-order valence-electron chi connectivity index (χ3n) is 5.80. The minimum Gasteiger partial charge on any atom is -0.410 e. The predicted octanol–water partition coefficient (Wildman–Crippen LogP) is 0.818. The number of imidazole rings is 1. The lowest BCUT2D eigenvalue weighted by molar-refractivity contribution is -0.134. The summed E-state index contributed by atoms with van der Waals surface area (Å²) in [5, 5.41) is 13.5. The number of aliphatic hydroxyl groups is 1. The van der Waals surface area contributed by atoms with Crippen LogP contribution in [0.3, 0.4) is 0 Å². The predicted molar refractivity (Wildman–Crippen MR) is 127 cm³/mol. The third-order valence-corrected chi connectivity index (χ3v) is 5.80. The molecule has 186 valence electrons. The van der Waals surface area contributed by atoms with Crippen LogP contribution in [0.5, 0.6) is 5.75 Å². The SMILES string of the molecule is CN(CC#Cc1nc(N)c2ncn(C3OC(C(=O)NC4CC4)CC3O)c2n1)C(=O)Oc1ccccc1. The molecule has 12 nitrogen and oxygen atoms in total. The average Bonchev–Trinajstić information content (AvgIpc) is 3.43. The van der Waals surface area contributed by atoms with Gasteiger partial charge in [0, 0.05) is 19.5 Å². The van der Waals surface area contributed by atoms with Crippen molar-refractivity contribution in [3.8, 4) is 17.6 Å². The molecule has 3 aromatic rings. The summed E-state index contributed by atoms with van der Waals surface area (Å²) in [6, 6.07) is 8.91. The lowest BCUT2D eigenvalue weighted by atomic mass is 10.2. The highest BCUT2D eigenvalue weighted by Gasteiger charge is 2.41. The molecular formula is C24H25N7O5. The Morgan fingerprint density at radius 2 is 2.08 bits per heavy atom. The van der Waals surface area contributed by atoms with Crippen LogP contribution in [0.4, 0.5) is 10.6 Å². The minimum absolute atomic E-state index is 0.0640. The number of hydrogen-bond donors (Lipinski definition) is 3. The average molecular weight is 492 g/mol. The van der Waals surface area contributed by atoms with Gasteiger partial charge in [0.25, 0.3) is 0 Å². The van der Waals surface area contributed by atoms with Gasteiger partial charge in [-0.3, -0.25) is 14.3 Å². The van der Waals surface area contributed by atoms with E-state index in [1.807, 2.05) is 6.07 Å². The Labute approximate surface area is 206 Å². The summed E-state index contributed by atoms with van der Waals surface area (Å²) in [6.45, 7) is 0.0640. The highest BCUT2D eigenvalue weighted by molar-refractivity contribution is 5.83. The number of amides is 2. The highest BCUT2D eigenvalue weighted by Crippen LogP contribution is 2.32. The molecule has 1 saturated carbocycles. The number of aliphatic hydroxyl groups excluding tert-OH is 1. The summed E-state index contributed by atoms with van der Waals surface area (Å²) < 4.78 is 12.6. The Morgan fingerprint density at radius 1 is 1.31 bits per heavy atom. The van der Waals surface area contributed by atoms with E-state index in [4.69, 9.17) is 15.2 Å². The molecule has 36 heavy (non-hydrogen) atoms. The second kappa shape index (κ2) is 9.80. The summed E-state index contributed by atoms with van der Waals surface area (Å²) in [4.78, 5) is 38.7. The molecule has 5 rings (SSSR count). The van der Waals surface area contributed by atoms with Gasteiger partial charge < -0.3 is 25.6 Å². The van der Waals surface area contributed by atoms with Gasteiger partial charge in [-0.1, -0.05) is 24.1 Å². The molecule has 0 spiro atoms. The fourth-order valence-electron chi connectivity index (χ4n) is 3.74. The quantitative estimate of drug-likeness (QED) is 0.439. The molecule has 2 aliphatic rings. The van der Waals surface area contributed by atoms with Gasteiger partial charge in [-0.25, -0.2) is 19.7 Å². The van der Waals surface area contributed by atoms with Crippen LogP contribution in [0.25, 0.3) is 11.2 Å². The summed E-state index contributed by atoms with van der Waals surface area (Å²) in [6.07, 6.45) is 0.383. The maximum absolute atomic E-state index is 12.4. The highest BCUT2D eigenvalue weighted by atomic mass is 16.6. The van der Waals surface area contributed by atoms with E-state index < -0.39 is 24.5 Å². The van der Waals surface area contributed by atoms with Crippen molar-refractivity contribution < 1.29 is 24.2 Å². The number of benzene rings is 1. The molecule has 2 fully saturated rings. The van der Waals surface area contributed by atoms with Crippen LogP contribution in [0.2, 0.25) is 0 Å². The van der Waals surface area contributed by atoms with E-state index in [2.05, 4.69) is 32.1 Å². The fourth-order valence-corrected chi connectivity index (χ4v) is 3.74. The lowest BCUT2D eigenvalue weighted by Crippen LogP contribution is -2.35. The Balaban J connectivity index is 1.29. The molecule has 2 aromatic heterocycles. The van der Waals surface area contributed by atoms with E-state index in [9.17, 15) is 14.7 Å². The monoisotopic (exact) mass is 491 g/mol. The van der Waals surface area contributed by atoms with E-state index in [0.29, 0.717) is 16.9 Å². The van der Waals surface area contributed by atoms with Gasteiger partial charge in [-0.15, -0.1) is 0 Å². The molecule has 1 saturated heterocycles. The van der Waals surface area contributed by atoms with Gasteiger partial charge in [-0.05, 0) is 30.9 Å². The molecule has 2 amide bonds. The first-order chi connectivity index (χ1) is 17.4. The van der Waals surface area contributed by atoms with Crippen LogP contribution >= 0.6 is 0 Å². The first kappa shape index (κ1) is 23.5. The van der Waals surface area contributed by atoms with Crippen molar-refractivity contribution >= 4 is 29.0 Å². The molecule has 1 aliphatic carbocycles. The van der Waals surface area contributed by atoms with Gasteiger partial charge in [0.15, 0.2) is 17.7 Å². The number of nitrogens with zero attached hydrogens (tertiary/aromatic N) is 5. The summed E-state index contributed by atoms with van der Waals surface area (Å²) in [5.41, 5.74) is 6.70. The van der Waals surface area contributed by atoms with Crippen molar-refractivity contribution in [3.63, 3.8) is 0 Å². The Morgan fingerprint density at radius 3 is 2.83 bits per heavy atom. The van der Waals surface area contributed by atoms with Gasteiger partial charge in [0.2, 0.25) is 11.7 Å². The van der Waals surface area contributed by atoms with Crippen molar-refractivity contribution in [1.82, 2.24) is 29.7 Å². The molecule has 12 heteroatoms. The van der Waals surface area contributed by atoms with Crippen molar-refractivity contribution in [3.05, 3.63) is 42.5 Å². The normalized spacial score (nSPS) is 21.0. The van der Waals surface area contributed by atoms with Crippen molar-refractivity contribution in [1.29, 1.82) is 0 Å². The minimum atomic E-state index is -0.938. The first-order valence-electron chi connectivity index (χ1n) is 11.5. The first-order valence-corrected chi connectivity index (χ1v) is 11.5. The molecule has 1 aromatic carbocycles. The standard InChI is InChI=1S/C24H25N7O5/c1-30(24(34)35-15-6-3-2-4-7-15)11-5-8-18-28-20(25)19-21(29-18)31(13-26-19)23-16(32)12-17(36-23)22(33)27-14-9-10-14/h2-4,6-7,13-14,16-17,23,32H,9-12H2,1H3,(H,27,33)(H2,25,28,29). The third kappa shape index (κ3) is 5.07. The van der Waals surface area contributed by atoms with Crippen molar-refractivity contribution in [2.75, 3.05) is 19.3 Å². The zero-order valence-corrected chi connectivity index (χ0v) is 19.5. The van der Waals surface area contributed by atoms with E-state index in [-0.39, 0.29) is 36.6 Å². The maximum atomic E-state index is 12.4. The molecule has 4 N–H and O–H groups in total. The van der Waals surface area contributed by atoms with Crippen LogP contribution in [0.1, 0.15) is 31.3 Å². The topological polar surface area (TPSA) is 158 Å². The van der Waals surface area contributed by atoms with E-state index in [0.717, 1.165) is 12.8 Å². The number of aromatic nitrogens is 4. The Kier molecular flexibility index (Phi) is 6.41. The number of hydrogen-bond acceptors (Lipinski definition) is 9. The van der Waals surface area contributed by atoms with Gasteiger partial charge in [-0.2, -0.15) is 0 Å². The number of anilines is 1. The van der Waals surface area contributed by atoms with Crippen molar-refractivity contribution in [2.45, 2.75) is 43.7 Å². The van der Waals surface area contributed by atoms with Gasteiger partial charge >= 0.3 is 6.09 Å². The maximum Gasteiger partial charge on any atom is 0.415 e. The number of para-hydroxylation sites is 1. The van der Waals surface area contributed by atoms with Crippen LogP contribution in [0, 0.1) is 11.8 Å². The Bertz CT molecular complexity index is 1350. The number of ether oxygens (including phenoxy) is 2. The molecule has 0 radical (unpaired) electrons. The largest absolute Gasteiger partial charge is 0.415 e. The second-order valence-corrected chi connectivity index (χ2v) is 8.70. The van der Waals surface area contributed by atoms with Crippen molar-refractivity contribution in [2.24, 2.45) is 0 Å². The van der Waals surface area contributed by atoms with E-state index in [1.165, 1.54) is 15.8 Å². The summed E-state index contributed by atoms with van der Waals surface area (Å²) in [7, 11) is 1.56. The van der Waals surface area contributed by atoms with Crippen LogP contribution in [0.15, 0.2) is 36.7 Å². The van der Waals surface area contributed by atoms with E-state index in [1.54, 1.807) is 31.3 Å². The second-order valence-electron chi connectivity index (χ2n) is 8.70. The lowest BCUT2D eigenvalue weighted by Gasteiger charge is -2.16. The number of rotatable bonds is 5. The van der Waals surface area contributed by atoms with Gasteiger partial charge in [0.05, 0.1) is 12.9 Å². The van der Waals surface area contributed by atoms with Crippen LogP contribution in [-0.2, 0) is 9.53 Å². The van der Waals surface area contributed by atoms with Crippen LogP contribution in [-0.4, -0.2) is 73.4 Å². The summed E-state index contributed by atoms with van der Waals surface area (Å²) >= 11 is 0. The number of nitrogen functional groups attached to an aromatic ring is 1. The molecule has 0 bridgehead atoms. The number of carbonyl (C=O) groups excluding carboxylic acids is 2. The molecular weight excluding hydrogens is 466 g/mol. The van der Waals surface area contributed by atoms with Gasteiger partial charge in [0.1, 0.15) is 23.5 Å². The number of carbonyl (C=O) groups is 2. The smallest absolute Gasteiger partial charge is 0.410 e. The molecule has 1 aliphatic heterocycles. The Hall–Kier alpha value is -4.21.